The Morgan fingerprint density at radius 1 is 1.03 bits per heavy atom. The molecule has 6 rings (SSSR count). The zero-order chi connectivity index (χ0) is 24.0. The lowest BCUT2D eigenvalue weighted by Gasteiger charge is -2.52. The van der Waals surface area contributed by atoms with Crippen LogP contribution in [0.1, 0.15) is 80.4 Å². The van der Waals surface area contributed by atoms with Crippen LogP contribution in [-0.4, -0.2) is 42.0 Å². The van der Waals surface area contributed by atoms with Gasteiger partial charge >= 0.3 is 0 Å². The molecule has 1 heterocycles. The van der Waals surface area contributed by atoms with Crippen LogP contribution in [0.5, 0.6) is 11.5 Å². The van der Waals surface area contributed by atoms with Crippen molar-refractivity contribution in [2.24, 2.45) is 17.3 Å². The number of ether oxygens (including phenoxy) is 1. The Kier molecular flexibility index (Phi) is 6.12. The summed E-state index contributed by atoms with van der Waals surface area (Å²) in [6.07, 6.45) is 8.80. The van der Waals surface area contributed by atoms with E-state index in [1.54, 1.807) is 0 Å². The molecule has 0 bridgehead atoms. The number of piperidine rings is 1. The quantitative estimate of drug-likeness (QED) is 0.572. The minimum absolute atomic E-state index is 0.204. The third kappa shape index (κ3) is 4.18. The molecular formula is C31H39NO3. The average molecular weight is 474 g/mol. The van der Waals surface area contributed by atoms with Gasteiger partial charge in [-0.2, -0.15) is 0 Å². The molecule has 0 radical (unpaired) electrons. The summed E-state index contributed by atoms with van der Waals surface area (Å²) < 4.78 is 6.11. The maximum atomic E-state index is 13.1. The van der Waals surface area contributed by atoms with E-state index in [2.05, 4.69) is 42.2 Å². The van der Waals surface area contributed by atoms with Gasteiger partial charge in [-0.1, -0.05) is 31.5 Å². The van der Waals surface area contributed by atoms with Crippen LogP contribution >= 0.6 is 0 Å². The summed E-state index contributed by atoms with van der Waals surface area (Å²) in [5, 5.41) is 10.1. The highest BCUT2D eigenvalue weighted by Crippen LogP contribution is 2.64. The Morgan fingerprint density at radius 3 is 2.63 bits per heavy atom. The summed E-state index contributed by atoms with van der Waals surface area (Å²) in [5.41, 5.74) is 3.81. The number of likely N-dealkylation sites (tertiary alicyclic amines) is 1. The van der Waals surface area contributed by atoms with Gasteiger partial charge < -0.3 is 9.84 Å². The Hall–Kier alpha value is -2.33. The van der Waals surface area contributed by atoms with Crippen LogP contribution in [0.2, 0.25) is 0 Å². The van der Waals surface area contributed by atoms with Crippen LogP contribution in [0.4, 0.5) is 0 Å². The third-order valence-electron chi connectivity index (χ3n) is 9.86. The number of hydrogen-bond donors (Lipinski definition) is 1. The molecule has 3 fully saturated rings. The van der Waals surface area contributed by atoms with E-state index < -0.39 is 0 Å². The molecular weight excluding hydrogens is 434 g/mol. The smallest absolute Gasteiger partial charge is 0.139 e. The predicted octanol–water partition coefficient (Wildman–Crippen LogP) is 6.08. The van der Waals surface area contributed by atoms with Gasteiger partial charge in [0.1, 0.15) is 23.9 Å². The van der Waals surface area contributed by atoms with Gasteiger partial charge in [-0.05, 0) is 116 Å². The molecule has 4 nitrogen and oxygen atoms in total. The summed E-state index contributed by atoms with van der Waals surface area (Å²) in [4.78, 5) is 15.6. The van der Waals surface area contributed by atoms with Gasteiger partial charge in [-0.3, -0.25) is 9.69 Å². The van der Waals surface area contributed by atoms with Gasteiger partial charge in [0, 0.05) is 18.4 Å². The van der Waals surface area contributed by atoms with E-state index in [9.17, 15) is 9.90 Å². The van der Waals surface area contributed by atoms with Crippen molar-refractivity contribution in [2.75, 3.05) is 26.2 Å². The normalized spacial score (nSPS) is 32.5. The fourth-order valence-corrected chi connectivity index (χ4v) is 8.08. The molecule has 1 aliphatic heterocycles. The Morgan fingerprint density at radius 2 is 1.83 bits per heavy atom. The topological polar surface area (TPSA) is 49.8 Å². The molecule has 0 spiro atoms. The van der Waals surface area contributed by atoms with E-state index in [4.69, 9.17) is 4.74 Å². The number of phenolic OH excluding ortho intramolecular Hbond substituents is 1. The maximum Gasteiger partial charge on any atom is 0.139 e. The highest BCUT2D eigenvalue weighted by molar-refractivity contribution is 5.87. The number of benzene rings is 2. The Balaban J connectivity index is 1.25. The molecule has 186 valence electrons. The second-order valence-corrected chi connectivity index (χ2v) is 11.7. The lowest BCUT2D eigenvalue weighted by Crippen LogP contribution is -2.45. The van der Waals surface area contributed by atoms with Crippen molar-refractivity contribution in [1.82, 2.24) is 4.90 Å². The van der Waals surface area contributed by atoms with Crippen LogP contribution < -0.4 is 4.74 Å². The Bertz CT molecular complexity index is 1070. The van der Waals surface area contributed by atoms with Gasteiger partial charge in [0.2, 0.25) is 0 Å². The summed E-state index contributed by atoms with van der Waals surface area (Å²) in [5.74, 6) is 3.51. The molecule has 3 aliphatic carbocycles. The molecule has 2 aromatic rings. The lowest BCUT2D eigenvalue weighted by atomic mass is 9.51. The number of hydrogen-bond acceptors (Lipinski definition) is 4. The van der Waals surface area contributed by atoms with E-state index >= 15 is 0 Å². The van der Waals surface area contributed by atoms with Gasteiger partial charge in [0.25, 0.3) is 0 Å². The zero-order valence-corrected chi connectivity index (χ0v) is 21.0. The standard InChI is InChI=1S/C31H39NO3/c1-31-20-27(21-5-9-24(10-6-21)35-18-17-32-15-3-2-4-16-32)30-25-12-8-23(33)19-22(25)7-11-26(30)28(31)13-14-29(31)34/h5-6,8-10,12,19,26-28,30,33H,2-4,7,11,13-18,20H2,1H3/t26-,27+,28-,30+,31-/m0/s1. The third-order valence-corrected chi connectivity index (χ3v) is 9.86. The van der Waals surface area contributed by atoms with Crippen molar-refractivity contribution >= 4 is 5.78 Å². The molecule has 2 saturated carbocycles. The summed E-state index contributed by atoms with van der Waals surface area (Å²) in [6, 6.07) is 14.7. The van der Waals surface area contributed by atoms with Crippen LogP contribution in [0.25, 0.3) is 0 Å². The first-order chi connectivity index (χ1) is 17.0. The fourth-order valence-electron chi connectivity index (χ4n) is 8.08. The number of ketones is 1. The number of phenols is 1. The van der Waals surface area contributed by atoms with Crippen LogP contribution in [0.15, 0.2) is 42.5 Å². The first-order valence-corrected chi connectivity index (χ1v) is 13.8. The minimum atomic E-state index is -0.204. The molecule has 0 unspecified atom stereocenters. The van der Waals surface area contributed by atoms with E-state index in [-0.39, 0.29) is 5.41 Å². The maximum absolute atomic E-state index is 13.1. The van der Waals surface area contributed by atoms with Crippen molar-refractivity contribution in [3.05, 3.63) is 59.2 Å². The van der Waals surface area contributed by atoms with Crippen molar-refractivity contribution in [2.45, 2.75) is 70.1 Å². The predicted molar refractivity (Wildman–Crippen MR) is 138 cm³/mol. The summed E-state index contributed by atoms with van der Waals surface area (Å²) >= 11 is 0. The molecule has 0 amide bonds. The number of Topliss-reactive ketones (excluding diaryl/α,β-unsaturated/α-hetero) is 1. The zero-order valence-electron chi connectivity index (χ0n) is 21.0. The van der Waals surface area contributed by atoms with Gasteiger partial charge in [-0.25, -0.2) is 0 Å². The fraction of sp³-hybridized carbons (Fsp3) is 0.581. The van der Waals surface area contributed by atoms with Crippen molar-refractivity contribution in [3.63, 3.8) is 0 Å². The van der Waals surface area contributed by atoms with E-state index in [1.807, 2.05) is 12.1 Å². The van der Waals surface area contributed by atoms with Crippen LogP contribution in [-0.2, 0) is 11.2 Å². The number of aromatic hydroxyl groups is 1. The highest BCUT2D eigenvalue weighted by atomic mass is 16.5. The number of nitrogens with zero attached hydrogens (tertiary/aromatic N) is 1. The number of aryl methyl sites for hydroxylation is 1. The van der Waals surface area contributed by atoms with Crippen LogP contribution in [0.3, 0.4) is 0 Å². The van der Waals surface area contributed by atoms with Gasteiger partial charge in [-0.15, -0.1) is 0 Å². The van der Waals surface area contributed by atoms with E-state index in [0.717, 1.165) is 51.0 Å². The second-order valence-electron chi connectivity index (χ2n) is 11.7. The molecule has 2 aromatic carbocycles. The number of fused-ring (bicyclic) bond motifs is 5. The first-order valence-electron chi connectivity index (χ1n) is 13.8. The summed E-state index contributed by atoms with van der Waals surface area (Å²) in [7, 11) is 0. The Labute approximate surface area is 209 Å². The van der Waals surface area contributed by atoms with Gasteiger partial charge in [0.15, 0.2) is 0 Å². The molecule has 35 heavy (non-hydrogen) atoms. The molecule has 5 atom stereocenters. The van der Waals surface area contributed by atoms with Crippen molar-refractivity contribution in [1.29, 1.82) is 0 Å². The number of carbonyl (C=O) groups is 1. The summed E-state index contributed by atoms with van der Waals surface area (Å²) in [6.45, 7) is 6.38. The largest absolute Gasteiger partial charge is 0.508 e. The monoisotopic (exact) mass is 473 g/mol. The number of rotatable bonds is 5. The highest BCUT2D eigenvalue weighted by Gasteiger charge is 2.57. The van der Waals surface area contributed by atoms with Gasteiger partial charge in [0.05, 0.1) is 0 Å². The molecule has 4 heteroatoms. The minimum Gasteiger partial charge on any atom is -0.508 e. The lowest BCUT2D eigenvalue weighted by molar-refractivity contribution is -0.130. The van der Waals surface area contributed by atoms with Crippen molar-refractivity contribution in [3.8, 4) is 11.5 Å². The molecule has 1 N–H and O–H groups in total. The van der Waals surface area contributed by atoms with Crippen molar-refractivity contribution < 1.29 is 14.6 Å². The SMILES string of the molecule is C[C@]12C[C@H](c3ccc(OCCN4CCCCC4)cc3)[C@@H]3c4ccc(O)cc4CC[C@H]3[C@@H]1CCC2=O. The number of carbonyl (C=O) groups excluding carboxylic acids is 1. The average Bonchev–Trinajstić information content (AvgIpc) is 3.18. The molecule has 1 saturated heterocycles. The van der Waals surface area contributed by atoms with Crippen LogP contribution in [0, 0.1) is 17.3 Å². The first kappa shape index (κ1) is 23.1. The molecule has 0 aromatic heterocycles. The second kappa shape index (κ2) is 9.28. The van der Waals surface area contributed by atoms with E-state index in [1.165, 1.54) is 49.0 Å². The molecule has 4 aliphatic rings. The van der Waals surface area contributed by atoms with E-state index in [0.29, 0.717) is 35.2 Å².